The number of para-hydroxylation sites is 1. The molecule has 1 aromatic carbocycles. The summed E-state index contributed by atoms with van der Waals surface area (Å²) in [5, 5.41) is 0. The van der Waals surface area contributed by atoms with E-state index in [0.29, 0.717) is 13.0 Å². The number of carbonyl (C=O) groups is 1. The second kappa shape index (κ2) is 7.17. The van der Waals surface area contributed by atoms with Crippen LogP contribution in [0.2, 0.25) is 0 Å². The Balaban J connectivity index is 3.04. The maximum atomic E-state index is 12.3. The zero-order valence-corrected chi connectivity index (χ0v) is 12.4. The third kappa shape index (κ3) is 3.49. The van der Waals surface area contributed by atoms with Gasteiger partial charge in [0.15, 0.2) is 0 Å². The molecule has 0 amide bonds. The van der Waals surface area contributed by atoms with Gasteiger partial charge in [0, 0.05) is 0 Å². The third-order valence-corrected chi connectivity index (χ3v) is 3.78. The lowest BCUT2D eigenvalue weighted by Crippen LogP contribution is -2.34. The van der Waals surface area contributed by atoms with Crippen LogP contribution in [-0.4, -0.2) is 19.7 Å². The molecule has 0 aromatic heterocycles. The normalized spacial score (nSPS) is 11.2. The molecule has 0 unspecified atom stereocenters. The highest BCUT2D eigenvalue weighted by atomic mass is 16.5. The first-order valence-electron chi connectivity index (χ1n) is 6.92. The van der Waals surface area contributed by atoms with Gasteiger partial charge in [0.05, 0.1) is 19.1 Å². The number of esters is 1. The van der Waals surface area contributed by atoms with Crippen molar-refractivity contribution in [3.63, 3.8) is 0 Å². The largest absolute Gasteiger partial charge is 0.496 e. The van der Waals surface area contributed by atoms with Crippen LogP contribution in [-0.2, 0) is 16.0 Å². The van der Waals surface area contributed by atoms with Crippen LogP contribution in [0.1, 0.15) is 39.2 Å². The number of benzene rings is 1. The van der Waals surface area contributed by atoms with Crippen molar-refractivity contribution in [1.82, 2.24) is 0 Å². The van der Waals surface area contributed by atoms with Crippen molar-refractivity contribution in [3.8, 4) is 5.75 Å². The van der Waals surface area contributed by atoms with Gasteiger partial charge in [-0.2, -0.15) is 0 Å². The molecule has 3 heteroatoms. The van der Waals surface area contributed by atoms with Crippen molar-refractivity contribution in [1.29, 1.82) is 0 Å². The molecule has 106 valence electrons. The molecule has 0 spiro atoms. The number of ether oxygens (including phenoxy) is 2. The van der Waals surface area contributed by atoms with Gasteiger partial charge in [-0.05, 0) is 37.8 Å². The summed E-state index contributed by atoms with van der Waals surface area (Å²) in [7, 11) is 1.66. The molecule has 0 saturated heterocycles. The van der Waals surface area contributed by atoms with E-state index in [4.69, 9.17) is 9.47 Å². The van der Waals surface area contributed by atoms with E-state index >= 15 is 0 Å². The Labute approximate surface area is 115 Å². The van der Waals surface area contributed by atoms with Crippen molar-refractivity contribution in [2.75, 3.05) is 13.7 Å². The minimum atomic E-state index is -0.454. The average Bonchev–Trinajstić information content (AvgIpc) is 2.45. The highest BCUT2D eigenvalue weighted by Gasteiger charge is 2.37. The number of carbonyl (C=O) groups excluding carboxylic acids is 1. The molecular formula is C16H24O3. The SMILES string of the molecule is CCOC(=O)C(CC)(CC)Cc1ccccc1OC. The highest BCUT2D eigenvalue weighted by Crippen LogP contribution is 2.35. The van der Waals surface area contributed by atoms with Gasteiger partial charge in [0.1, 0.15) is 5.75 Å². The number of rotatable bonds is 7. The van der Waals surface area contributed by atoms with Crippen molar-refractivity contribution in [2.45, 2.75) is 40.0 Å². The minimum Gasteiger partial charge on any atom is -0.496 e. The Morgan fingerprint density at radius 2 is 1.79 bits per heavy atom. The lowest BCUT2D eigenvalue weighted by Gasteiger charge is -2.29. The van der Waals surface area contributed by atoms with Crippen LogP contribution in [0.5, 0.6) is 5.75 Å². The molecule has 1 rings (SSSR count). The molecule has 0 bridgehead atoms. The van der Waals surface area contributed by atoms with Gasteiger partial charge in [-0.3, -0.25) is 4.79 Å². The predicted molar refractivity (Wildman–Crippen MR) is 76.3 cm³/mol. The summed E-state index contributed by atoms with van der Waals surface area (Å²) < 4.78 is 10.6. The summed E-state index contributed by atoms with van der Waals surface area (Å²) in [6.07, 6.45) is 2.18. The van der Waals surface area contributed by atoms with E-state index in [1.807, 2.05) is 45.0 Å². The van der Waals surface area contributed by atoms with Crippen molar-refractivity contribution in [2.24, 2.45) is 5.41 Å². The van der Waals surface area contributed by atoms with Crippen LogP contribution in [0.25, 0.3) is 0 Å². The Morgan fingerprint density at radius 1 is 1.16 bits per heavy atom. The fraction of sp³-hybridized carbons (Fsp3) is 0.562. The first-order chi connectivity index (χ1) is 9.13. The number of hydrogen-bond acceptors (Lipinski definition) is 3. The van der Waals surface area contributed by atoms with Crippen molar-refractivity contribution >= 4 is 5.97 Å². The van der Waals surface area contributed by atoms with Crippen LogP contribution < -0.4 is 4.74 Å². The molecule has 0 N–H and O–H groups in total. The van der Waals surface area contributed by atoms with E-state index in [1.165, 1.54) is 0 Å². The van der Waals surface area contributed by atoms with Crippen LogP contribution in [0, 0.1) is 5.41 Å². The summed E-state index contributed by atoms with van der Waals surface area (Å²) in [4.78, 5) is 12.3. The Hall–Kier alpha value is -1.51. The van der Waals surface area contributed by atoms with Gasteiger partial charge >= 0.3 is 5.97 Å². The molecule has 0 radical (unpaired) electrons. The lowest BCUT2D eigenvalue weighted by molar-refractivity contribution is -0.156. The monoisotopic (exact) mass is 264 g/mol. The second-order valence-electron chi connectivity index (χ2n) is 4.70. The molecule has 1 aromatic rings. The highest BCUT2D eigenvalue weighted by molar-refractivity contribution is 5.77. The van der Waals surface area contributed by atoms with E-state index in [1.54, 1.807) is 7.11 Å². The zero-order valence-electron chi connectivity index (χ0n) is 12.4. The first-order valence-corrected chi connectivity index (χ1v) is 6.92. The zero-order chi connectivity index (χ0) is 14.3. The summed E-state index contributed by atoms with van der Waals surface area (Å²) in [5.41, 5.74) is 0.603. The molecule has 0 aliphatic carbocycles. The predicted octanol–water partition coefficient (Wildman–Crippen LogP) is 3.61. The van der Waals surface area contributed by atoms with E-state index in [2.05, 4.69) is 0 Å². The van der Waals surface area contributed by atoms with Gasteiger partial charge in [-0.15, -0.1) is 0 Å². The maximum Gasteiger partial charge on any atom is 0.312 e. The average molecular weight is 264 g/mol. The molecular weight excluding hydrogens is 240 g/mol. The van der Waals surface area contributed by atoms with Crippen LogP contribution >= 0.6 is 0 Å². The fourth-order valence-electron chi connectivity index (χ4n) is 2.36. The first kappa shape index (κ1) is 15.5. The van der Waals surface area contributed by atoms with Crippen molar-refractivity contribution < 1.29 is 14.3 Å². The van der Waals surface area contributed by atoms with E-state index in [0.717, 1.165) is 24.2 Å². The summed E-state index contributed by atoms with van der Waals surface area (Å²) in [6, 6.07) is 7.85. The summed E-state index contributed by atoms with van der Waals surface area (Å²) >= 11 is 0. The molecule has 0 fully saturated rings. The fourth-order valence-corrected chi connectivity index (χ4v) is 2.36. The Morgan fingerprint density at radius 3 is 2.32 bits per heavy atom. The molecule has 0 aliphatic heterocycles. The van der Waals surface area contributed by atoms with Gasteiger partial charge in [0.25, 0.3) is 0 Å². The van der Waals surface area contributed by atoms with E-state index in [9.17, 15) is 4.79 Å². The van der Waals surface area contributed by atoms with Crippen LogP contribution in [0.4, 0.5) is 0 Å². The van der Waals surface area contributed by atoms with Gasteiger partial charge in [0.2, 0.25) is 0 Å². The Bertz CT molecular complexity index is 408. The molecule has 19 heavy (non-hydrogen) atoms. The summed E-state index contributed by atoms with van der Waals surface area (Å²) in [6.45, 7) is 6.34. The van der Waals surface area contributed by atoms with Gasteiger partial charge < -0.3 is 9.47 Å². The number of methoxy groups -OCH3 is 1. The van der Waals surface area contributed by atoms with Crippen LogP contribution in [0.3, 0.4) is 0 Å². The molecule has 0 heterocycles. The molecule has 0 aliphatic rings. The molecule has 0 saturated carbocycles. The number of hydrogen-bond donors (Lipinski definition) is 0. The Kier molecular flexibility index (Phi) is 5.87. The quantitative estimate of drug-likeness (QED) is 0.706. The van der Waals surface area contributed by atoms with E-state index in [-0.39, 0.29) is 5.97 Å². The molecule has 0 atom stereocenters. The second-order valence-corrected chi connectivity index (χ2v) is 4.70. The van der Waals surface area contributed by atoms with Gasteiger partial charge in [-0.25, -0.2) is 0 Å². The third-order valence-electron chi connectivity index (χ3n) is 3.78. The minimum absolute atomic E-state index is 0.106. The van der Waals surface area contributed by atoms with Gasteiger partial charge in [-0.1, -0.05) is 32.0 Å². The molecule has 3 nitrogen and oxygen atoms in total. The standard InChI is InChI=1S/C16H24O3/c1-5-16(6-2,15(17)19-7-3)12-13-10-8-9-11-14(13)18-4/h8-11H,5-7,12H2,1-4H3. The smallest absolute Gasteiger partial charge is 0.312 e. The topological polar surface area (TPSA) is 35.5 Å². The lowest BCUT2D eigenvalue weighted by atomic mass is 9.77. The van der Waals surface area contributed by atoms with E-state index < -0.39 is 5.41 Å². The van der Waals surface area contributed by atoms with Crippen molar-refractivity contribution in [3.05, 3.63) is 29.8 Å². The maximum absolute atomic E-state index is 12.3. The van der Waals surface area contributed by atoms with Crippen LogP contribution in [0.15, 0.2) is 24.3 Å². The summed E-state index contributed by atoms with van der Waals surface area (Å²) in [5.74, 6) is 0.726.